The van der Waals surface area contributed by atoms with E-state index in [2.05, 4.69) is 23.0 Å². The maximum absolute atomic E-state index is 4.88. The Morgan fingerprint density at radius 2 is 2.43 bits per heavy atom. The summed E-state index contributed by atoms with van der Waals surface area (Å²) in [6, 6.07) is 0. The summed E-state index contributed by atoms with van der Waals surface area (Å²) in [5, 5.41) is 0. The molecule has 0 saturated heterocycles. The lowest BCUT2D eigenvalue weighted by Crippen LogP contribution is -1.75. The summed E-state index contributed by atoms with van der Waals surface area (Å²) < 4.78 is 4.56. The van der Waals surface area contributed by atoms with Gasteiger partial charge in [-0.3, -0.25) is 0 Å². The van der Waals surface area contributed by atoms with Crippen molar-refractivity contribution in [2.45, 2.75) is 0 Å². The molecule has 0 aromatic heterocycles. The summed E-state index contributed by atoms with van der Waals surface area (Å²) in [4.78, 5) is 0. The third-order valence-electron chi connectivity index (χ3n) is 0.496. The van der Waals surface area contributed by atoms with Gasteiger partial charge in [0.15, 0.2) is 0 Å². The van der Waals surface area contributed by atoms with Crippen molar-refractivity contribution in [2.24, 2.45) is 0 Å². The smallest absolute Gasteiger partial charge is 0.213 e. The lowest BCUT2D eigenvalue weighted by atomic mass is 10.5. The van der Waals surface area contributed by atoms with Crippen LogP contribution in [0.4, 0.5) is 0 Å². The molecule has 0 aromatic rings. The lowest BCUT2D eigenvalue weighted by molar-refractivity contribution is 0.312. The van der Waals surface area contributed by atoms with Crippen molar-refractivity contribution in [3.63, 3.8) is 0 Å². The van der Waals surface area contributed by atoms with Gasteiger partial charge in [-0.25, -0.2) is 0 Å². The molecule has 0 heterocycles. The molecule has 36 valence electrons. The third-order valence-corrected chi connectivity index (χ3v) is 0.496. The Kier molecular flexibility index (Phi) is 2.59. The normalized spacial score (nSPS) is 5.71. The van der Waals surface area contributed by atoms with Crippen LogP contribution in [0, 0.1) is 12.3 Å². The van der Waals surface area contributed by atoms with E-state index in [9.17, 15) is 0 Å². The highest BCUT2D eigenvalue weighted by atomic mass is 16.5. The van der Waals surface area contributed by atoms with E-state index in [0.717, 1.165) is 0 Å². The van der Waals surface area contributed by atoms with Gasteiger partial charge in [0.1, 0.15) is 0 Å². The van der Waals surface area contributed by atoms with E-state index in [-0.39, 0.29) is 0 Å². The Bertz CT molecular complexity index is 133. The summed E-state index contributed by atoms with van der Waals surface area (Å²) in [6.45, 7) is 3.27. The fraction of sp³-hybridized carbons (Fsp3) is 0.167. The highest BCUT2D eigenvalue weighted by molar-refractivity contribution is 5.16. The first-order valence-corrected chi connectivity index (χ1v) is 1.75. The first-order valence-electron chi connectivity index (χ1n) is 1.75. The van der Waals surface area contributed by atoms with Crippen molar-refractivity contribution in [3.8, 4) is 12.3 Å². The minimum absolute atomic E-state index is 0.347. The number of allylic oxidation sites excluding steroid dienone is 1. The monoisotopic (exact) mass is 94.0 g/mol. The molecule has 0 bridgehead atoms. The van der Waals surface area contributed by atoms with Gasteiger partial charge >= 0.3 is 0 Å². The first-order chi connectivity index (χ1) is 3.35. The molecular weight excluding hydrogens is 88.1 g/mol. The van der Waals surface area contributed by atoms with Crippen molar-refractivity contribution in [1.29, 1.82) is 0 Å². The summed E-state index contributed by atoms with van der Waals surface area (Å²) in [6.07, 6.45) is 4.88. The second kappa shape index (κ2) is 3.08. The number of hydrogen-bond donors (Lipinski definition) is 0. The zero-order valence-electron chi connectivity index (χ0n) is 4.19. The Morgan fingerprint density at radius 3 is 2.43 bits per heavy atom. The standard InChI is InChI=1S/C6H6O/c1-4-6(5-2)7-3/h1H,2H2,3H3. The number of rotatable bonds is 1. The van der Waals surface area contributed by atoms with E-state index in [1.807, 2.05) is 0 Å². The topological polar surface area (TPSA) is 9.23 Å². The fourth-order valence-electron chi connectivity index (χ4n) is 0.182. The molecule has 1 heteroatoms. The molecule has 0 unspecified atom stereocenters. The number of hydrogen-bond acceptors (Lipinski definition) is 1. The van der Waals surface area contributed by atoms with Crippen LogP contribution in [0.2, 0.25) is 0 Å². The van der Waals surface area contributed by atoms with Crippen molar-refractivity contribution in [1.82, 2.24) is 0 Å². The van der Waals surface area contributed by atoms with Crippen molar-refractivity contribution < 1.29 is 4.74 Å². The average Bonchev–Trinajstić information content (AvgIpc) is 1.72. The van der Waals surface area contributed by atoms with Gasteiger partial charge in [0.05, 0.1) is 7.11 Å². The van der Waals surface area contributed by atoms with Crippen LogP contribution in [-0.4, -0.2) is 7.11 Å². The Labute approximate surface area is 43.3 Å². The second-order valence-electron chi connectivity index (χ2n) is 0.854. The quantitative estimate of drug-likeness (QED) is 0.267. The molecular formula is C6H6O. The minimum atomic E-state index is 0.347. The molecule has 0 rings (SSSR count). The molecule has 0 saturated carbocycles. The maximum Gasteiger partial charge on any atom is 0.213 e. The molecule has 0 radical (unpaired) electrons. The molecule has 0 aliphatic heterocycles. The lowest BCUT2D eigenvalue weighted by Gasteiger charge is -1.87. The van der Waals surface area contributed by atoms with Crippen LogP contribution in [0.3, 0.4) is 0 Å². The van der Waals surface area contributed by atoms with Gasteiger partial charge < -0.3 is 4.74 Å². The predicted molar refractivity (Wildman–Crippen MR) is 28.5 cm³/mol. The van der Waals surface area contributed by atoms with Crippen LogP contribution in [0.25, 0.3) is 0 Å². The summed E-state index contributed by atoms with van der Waals surface area (Å²) in [7, 11) is 1.48. The van der Waals surface area contributed by atoms with E-state index in [1.54, 1.807) is 0 Å². The van der Waals surface area contributed by atoms with Gasteiger partial charge in [0.25, 0.3) is 0 Å². The van der Waals surface area contributed by atoms with Gasteiger partial charge in [-0.15, -0.1) is 6.42 Å². The Hall–Kier alpha value is -1.12. The van der Waals surface area contributed by atoms with E-state index >= 15 is 0 Å². The minimum Gasteiger partial charge on any atom is -0.483 e. The number of terminal acetylenes is 1. The zero-order valence-corrected chi connectivity index (χ0v) is 4.19. The van der Waals surface area contributed by atoms with Crippen LogP contribution in [0.1, 0.15) is 0 Å². The molecule has 0 atom stereocenters. The van der Waals surface area contributed by atoms with Crippen molar-refractivity contribution in [2.75, 3.05) is 7.11 Å². The molecule has 0 aliphatic carbocycles. The largest absolute Gasteiger partial charge is 0.483 e. The third kappa shape index (κ3) is 1.70. The van der Waals surface area contributed by atoms with Crippen LogP contribution in [0.15, 0.2) is 18.1 Å². The van der Waals surface area contributed by atoms with Crippen molar-refractivity contribution in [3.05, 3.63) is 18.1 Å². The highest BCUT2D eigenvalue weighted by Crippen LogP contribution is 1.84. The van der Waals surface area contributed by atoms with Gasteiger partial charge in [-0.05, 0) is 5.92 Å². The van der Waals surface area contributed by atoms with Crippen LogP contribution in [-0.2, 0) is 4.74 Å². The molecule has 0 amide bonds. The van der Waals surface area contributed by atoms with Crippen LogP contribution >= 0.6 is 0 Å². The maximum atomic E-state index is 4.88. The Morgan fingerprint density at radius 1 is 1.86 bits per heavy atom. The average molecular weight is 94.1 g/mol. The molecule has 1 nitrogen and oxygen atoms in total. The molecule has 0 spiro atoms. The van der Waals surface area contributed by atoms with E-state index < -0.39 is 0 Å². The van der Waals surface area contributed by atoms with Crippen LogP contribution < -0.4 is 0 Å². The van der Waals surface area contributed by atoms with Gasteiger partial charge in [-0.2, -0.15) is 0 Å². The van der Waals surface area contributed by atoms with Gasteiger partial charge in [-0.1, -0.05) is 12.3 Å². The Balaban J connectivity index is 3.95. The molecule has 0 aromatic carbocycles. The highest BCUT2D eigenvalue weighted by Gasteiger charge is 1.76. The summed E-state index contributed by atoms with van der Waals surface area (Å²) in [5.41, 5.74) is 2.41. The SMILES string of the molecule is C#CC(=C=C)OC. The molecule has 7 heavy (non-hydrogen) atoms. The molecule has 0 N–H and O–H groups in total. The summed E-state index contributed by atoms with van der Waals surface area (Å²) >= 11 is 0. The second-order valence-corrected chi connectivity index (χ2v) is 0.854. The molecule has 0 fully saturated rings. The predicted octanol–water partition coefficient (Wildman–Crippen LogP) is 0.935. The number of ether oxygens (including phenoxy) is 1. The van der Waals surface area contributed by atoms with Crippen LogP contribution in [0.5, 0.6) is 0 Å². The van der Waals surface area contributed by atoms with E-state index in [0.29, 0.717) is 5.76 Å². The van der Waals surface area contributed by atoms with Gasteiger partial charge in [0, 0.05) is 0 Å². The first kappa shape index (κ1) is 5.88. The fourth-order valence-corrected chi connectivity index (χ4v) is 0.182. The zero-order chi connectivity index (χ0) is 5.70. The molecule has 0 aliphatic rings. The summed E-state index contributed by atoms with van der Waals surface area (Å²) in [5.74, 6) is 2.57. The number of methoxy groups -OCH3 is 1. The van der Waals surface area contributed by atoms with E-state index in [1.165, 1.54) is 7.11 Å². The van der Waals surface area contributed by atoms with Crippen molar-refractivity contribution >= 4 is 0 Å². The van der Waals surface area contributed by atoms with Gasteiger partial charge in [0.2, 0.25) is 5.76 Å². The van der Waals surface area contributed by atoms with E-state index in [4.69, 9.17) is 6.42 Å².